The molecule has 0 aliphatic carbocycles. The van der Waals surface area contributed by atoms with Crippen LogP contribution in [0, 0.1) is 19.7 Å². The molecule has 0 unspecified atom stereocenters. The Morgan fingerprint density at radius 2 is 1.87 bits per heavy atom. The molecule has 4 rings (SSSR count). The van der Waals surface area contributed by atoms with Crippen molar-refractivity contribution in [1.82, 2.24) is 4.98 Å². The Balaban J connectivity index is 1.41. The van der Waals surface area contributed by atoms with Gasteiger partial charge >= 0.3 is 0 Å². The van der Waals surface area contributed by atoms with E-state index in [4.69, 9.17) is 16.6 Å². The van der Waals surface area contributed by atoms with Gasteiger partial charge in [0.1, 0.15) is 5.82 Å². The summed E-state index contributed by atoms with van der Waals surface area (Å²) in [5.74, 6) is -0.615. The topological polar surface area (TPSA) is 50.3 Å². The maximum absolute atomic E-state index is 13.4. The zero-order valence-corrected chi connectivity index (χ0v) is 19.8. The van der Waals surface area contributed by atoms with E-state index in [-0.39, 0.29) is 9.92 Å². The summed E-state index contributed by atoms with van der Waals surface area (Å²) < 4.78 is 39.3. The number of sulfone groups is 1. The van der Waals surface area contributed by atoms with Crippen LogP contribution in [0.1, 0.15) is 35.2 Å². The summed E-state index contributed by atoms with van der Waals surface area (Å²) in [6, 6.07) is 10.1. The maximum atomic E-state index is 13.4. The molecule has 1 aliphatic heterocycles. The summed E-state index contributed by atoms with van der Waals surface area (Å²) in [5, 5.41) is 2.34. The number of nitrogens with zero attached hydrogens (tertiary/aromatic N) is 2. The van der Waals surface area contributed by atoms with Crippen LogP contribution < -0.4 is 4.90 Å². The Bertz CT molecular complexity index is 1200. The van der Waals surface area contributed by atoms with Gasteiger partial charge in [-0.2, -0.15) is 0 Å². The molecule has 1 fully saturated rings. The Kier molecular flexibility index (Phi) is 6.37. The lowest BCUT2D eigenvalue weighted by molar-refractivity contribution is 0.529. The number of thiazole rings is 1. The summed E-state index contributed by atoms with van der Waals surface area (Å²) in [7, 11) is -3.54. The van der Waals surface area contributed by atoms with E-state index in [2.05, 4.69) is 42.3 Å². The van der Waals surface area contributed by atoms with Crippen molar-refractivity contribution < 1.29 is 12.8 Å². The monoisotopic (exact) mass is 478 g/mol. The van der Waals surface area contributed by atoms with E-state index in [1.807, 2.05) is 0 Å². The van der Waals surface area contributed by atoms with Gasteiger partial charge in [0.2, 0.25) is 0 Å². The Morgan fingerprint density at radius 3 is 2.55 bits per heavy atom. The van der Waals surface area contributed by atoms with Crippen LogP contribution in [-0.2, 0) is 16.3 Å². The number of benzene rings is 2. The van der Waals surface area contributed by atoms with Crippen LogP contribution in [0.2, 0.25) is 5.02 Å². The summed E-state index contributed by atoms with van der Waals surface area (Å²) in [6.45, 7) is 5.46. The predicted octanol–water partition coefficient (Wildman–Crippen LogP) is 5.59. The zero-order valence-electron chi connectivity index (χ0n) is 17.4. The minimum Gasteiger partial charge on any atom is -0.348 e. The molecule has 0 N–H and O–H groups in total. The second-order valence-electron chi connectivity index (χ2n) is 8.02. The summed E-state index contributed by atoms with van der Waals surface area (Å²) >= 11 is 7.38. The van der Waals surface area contributed by atoms with E-state index in [0.29, 0.717) is 25.9 Å². The van der Waals surface area contributed by atoms with E-state index in [1.54, 1.807) is 11.3 Å². The van der Waals surface area contributed by atoms with Crippen molar-refractivity contribution in [3.63, 3.8) is 0 Å². The SMILES string of the molecule is Cc1ccc(Cc2csc(N3CCC(S(=O)(=O)c4ccc(F)c(Cl)c4)CC3)n2)cc1C. The normalized spacial score (nSPS) is 15.4. The lowest BCUT2D eigenvalue weighted by Gasteiger charge is -2.31. The van der Waals surface area contributed by atoms with Crippen molar-refractivity contribution >= 4 is 37.9 Å². The Labute approximate surface area is 191 Å². The van der Waals surface area contributed by atoms with Crippen LogP contribution in [-0.4, -0.2) is 31.7 Å². The first-order valence-electron chi connectivity index (χ1n) is 10.2. The molecule has 0 spiro atoms. The number of halogens is 2. The highest BCUT2D eigenvalue weighted by atomic mass is 35.5. The molecule has 3 aromatic rings. The highest BCUT2D eigenvalue weighted by Gasteiger charge is 2.32. The van der Waals surface area contributed by atoms with Crippen molar-refractivity contribution in [2.45, 2.75) is 43.3 Å². The second kappa shape index (κ2) is 8.88. The number of aromatic nitrogens is 1. The van der Waals surface area contributed by atoms with Gasteiger partial charge in [0.15, 0.2) is 15.0 Å². The largest absolute Gasteiger partial charge is 0.348 e. The van der Waals surface area contributed by atoms with Crippen LogP contribution in [0.5, 0.6) is 0 Å². The highest BCUT2D eigenvalue weighted by Crippen LogP contribution is 2.31. The number of aryl methyl sites for hydroxylation is 2. The molecule has 0 bridgehead atoms. The summed E-state index contributed by atoms with van der Waals surface area (Å²) in [4.78, 5) is 7.02. The zero-order chi connectivity index (χ0) is 22.2. The van der Waals surface area contributed by atoms with Crippen LogP contribution in [0.15, 0.2) is 46.7 Å². The number of hydrogen-bond acceptors (Lipinski definition) is 5. The molecule has 8 heteroatoms. The van der Waals surface area contributed by atoms with Gasteiger partial charge in [-0.25, -0.2) is 17.8 Å². The highest BCUT2D eigenvalue weighted by molar-refractivity contribution is 7.92. The first-order valence-corrected chi connectivity index (χ1v) is 13.0. The first kappa shape index (κ1) is 22.2. The van der Waals surface area contributed by atoms with Crippen molar-refractivity contribution in [3.05, 3.63) is 75.0 Å². The van der Waals surface area contributed by atoms with Gasteiger partial charge in [0.25, 0.3) is 0 Å². The van der Waals surface area contributed by atoms with E-state index in [1.165, 1.54) is 28.8 Å². The Hall–Kier alpha value is -1.96. The first-order chi connectivity index (χ1) is 14.7. The van der Waals surface area contributed by atoms with E-state index in [0.717, 1.165) is 23.3 Å². The smallest absolute Gasteiger partial charge is 0.185 e. The third kappa shape index (κ3) is 4.78. The third-order valence-electron chi connectivity index (χ3n) is 5.87. The lowest BCUT2D eigenvalue weighted by atomic mass is 10.0. The molecule has 0 atom stereocenters. The number of rotatable bonds is 5. The van der Waals surface area contributed by atoms with E-state index in [9.17, 15) is 12.8 Å². The minimum atomic E-state index is -3.54. The van der Waals surface area contributed by atoms with Crippen LogP contribution >= 0.6 is 22.9 Å². The summed E-state index contributed by atoms with van der Waals surface area (Å²) in [6.07, 6.45) is 1.79. The van der Waals surface area contributed by atoms with Crippen molar-refractivity contribution in [2.75, 3.05) is 18.0 Å². The molecule has 4 nitrogen and oxygen atoms in total. The molecule has 1 aromatic heterocycles. The predicted molar refractivity (Wildman–Crippen MR) is 125 cm³/mol. The van der Waals surface area contributed by atoms with Crippen molar-refractivity contribution in [2.24, 2.45) is 0 Å². The third-order valence-corrected chi connectivity index (χ3v) is 9.37. The van der Waals surface area contributed by atoms with Gasteiger partial charge in [-0.15, -0.1) is 11.3 Å². The van der Waals surface area contributed by atoms with Crippen LogP contribution in [0.25, 0.3) is 0 Å². The summed E-state index contributed by atoms with van der Waals surface area (Å²) in [5.41, 5.74) is 4.82. The number of hydrogen-bond donors (Lipinski definition) is 0. The fourth-order valence-electron chi connectivity index (χ4n) is 3.85. The average Bonchev–Trinajstić information content (AvgIpc) is 3.21. The van der Waals surface area contributed by atoms with Crippen molar-refractivity contribution in [1.29, 1.82) is 0 Å². The quantitative estimate of drug-likeness (QED) is 0.449. The van der Waals surface area contributed by atoms with Crippen LogP contribution in [0.3, 0.4) is 0 Å². The van der Waals surface area contributed by atoms with E-state index < -0.39 is 20.9 Å². The van der Waals surface area contributed by atoms with Gasteiger partial charge in [-0.1, -0.05) is 29.8 Å². The molecular formula is C23H24ClFN2O2S2. The molecule has 0 saturated carbocycles. The minimum absolute atomic E-state index is 0.0854. The molecule has 164 valence electrons. The van der Waals surface area contributed by atoms with Crippen molar-refractivity contribution in [3.8, 4) is 0 Å². The number of piperidine rings is 1. The molecule has 0 radical (unpaired) electrons. The van der Waals surface area contributed by atoms with E-state index >= 15 is 0 Å². The lowest BCUT2D eigenvalue weighted by Crippen LogP contribution is -2.39. The number of anilines is 1. The van der Waals surface area contributed by atoms with Gasteiger partial charge in [0.05, 0.1) is 20.9 Å². The van der Waals surface area contributed by atoms with Gasteiger partial charge in [-0.3, -0.25) is 0 Å². The molecule has 2 heterocycles. The molecule has 31 heavy (non-hydrogen) atoms. The molecule has 0 amide bonds. The maximum Gasteiger partial charge on any atom is 0.185 e. The molecule has 1 saturated heterocycles. The van der Waals surface area contributed by atoms with Crippen LogP contribution in [0.4, 0.5) is 9.52 Å². The molecular weight excluding hydrogens is 455 g/mol. The molecule has 1 aliphatic rings. The van der Waals surface area contributed by atoms with Gasteiger partial charge < -0.3 is 4.90 Å². The van der Waals surface area contributed by atoms with Gasteiger partial charge in [0, 0.05) is 24.9 Å². The fourth-order valence-corrected chi connectivity index (χ4v) is 6.73. The second-order valence-corrected chi connectivity index (χ2v) is 11.5. The molecule has 2 aromatic carbocycles. The Morgan fingerprint density at radius 1 is 1.13 bits per heavy atom. The standard InChI is InChI=1S/C23H24ClFN2O2S2/c1-15-3-4-17(11-16(15)2)12-18-14-30-23(26-18)27-9-7-19(8-10-27)31(28,29)20-5-6-22(25)21(24)13-20/h3-6,11,13-14,19H,7-10,12H2,1-2H3. The van der Waals surface area contributed by atoms with Gasteiger partial charge in [-0.05, 0) is 61.6 Å². The average molecular weight is 479 g/mol. The fraction of sp³-hybridized carbons (Fsp3) is 0.348.